The Morgan fingerprint density at radius 2 is 1.26 bits per heavy atom. The zero-order chi connectivity index (χ0) is 23.9. The fourth-order valence-corrected chi connectivity index (χ4v) is 3.71. The third-order valence-corrected chi connectivity index (χ3v) is 5.82. The lowest BCUT2D eigenvalue weighted by atomic mass is 10.1. The number of aromatic hydroxyl groups is 1. The molecule has 0 bridgehead atoms. The van der Waals surface area contributed by atoms with Gasteiger partial charge in [0.25, 0.3) is 0 Å². The van der Waals surface area contributed by atoms with Crippen LogP contribution in [0.4, 0.5) is 0 Å². The minimum Gasteiger partial charge on any atom is -0.507 e. The molecule has 1 aromatic heterocycles. The highest BCUT2D eigenvalue weighted by Crippen LogP contribution is 2.33. The third-order valence-electron chi connectivity index (χ3n) is 5.32. The maximum absolute atomic E-state index is 10.8. The fraction of sp³-hybridized carbons (Fsp3) is 0.222. The Labute approximate surface area is 209 Å². The lowest BCUT2D eigenvalue weighted by molar-refractivity contribution is 0.303. The molecule has 0 saturated carbocycles. The summed E-state index contributed by atoms with van der Waals surface area (Å²) in [6.45, 7) is 2.79. The Hall–Kier alpha value is -3.15. The normalized spacial score (nSPS) is 10.9. The summed E-state index contributed by atoms with van der Waals surface area (Å²) in [5, 5.41) is 12.0. The van der Waals surface area contributed by atoms with Crippen molar-refractivity contribution in [1.29, 1.82) is 0 Å². The van der Waals surface area contributed by atoms with Gasteiger partial charge in [-0.15, -0.1) is 0 Å². The highest BCUT2D eigenvalue weighted by Gasteiger charge is 2.15. The zero-order valence-electron chi connectivity index (χ0n) is 18.8. The summed E-state index contributed by atoms with van der Waals surface area (Å²) in [4.78, 5) is 13.9. The molecule has 0 spiro atoms. The van der Waals surface area contributed by atoms with Crippen molar-refractivity contribution in [2.24, 2.45) is 0 Å². The lowest BCUT2D eigenvalue weighted by Crippen LogP contribution is -2.01. The van der Waals surface area contributed by atoms with Crippen LogP contribution in [0.3, 0.4) is 0 Å². The summed E-state index contributed by atoms with van der Waals surface area (Å²) in [6.07, 6.45) is 4.49. The standard InChI is InChI=1S/C27H25Cl2N3O2/c1-2-3-4-5-16-34-22-14-15-23(24(33)17-22)27-31-25(18-6-10-20(28)11-7-18)30-26(32-27)19-8-12-21(29)13-9-19/h6-15,17,33H,2-5,16H2,1H3. The van der Waals surface area contributed by atoms with Gasteiger partial charge >= 0.3 is 0 Å². The molecule has 0 amide bonds. The van der Waals surface area contributed by atoms with E-state index >= 15 is 0 Å². The van der Waals surface area contributed by atoms with Crippen molar-refractivity contribution >= 4 is 23.2 Å². The van der Waals surface area contributed by atoms with E-state index in [9.17, 15) is 5.11 Å². The summed E-state index contributed by atoms with van der Waals surface area (Å²) in [6, 6.07) is 19.7. The first-order valence-corrected chi connectivity index (χ1v) is 12.0. The minimum absolute atomic E-state index is 0.0429. The van der Waals surface area contributed by atoms with Crippen LogP contribution in [0.15, 0.2) is 66.7 Å². The van der Waals surface area contributed by atoms with Gasteiger partial charge in [-0.05, 0) is 67.1 Å². The maximum atomic E-state index is 10.8. The second-order valence-corrected chi connectivity index (χ2v) is 8.78. The van der Waals surface area contributed by atoms with Crippen LogP contribution in [0.2, 0.25) is 10.0 Å². The van der Waals surface area contributed by atoms with Gasteiger partial charge in [0.1, 0.15) is 11.5 Å². The Morgan fingerprint density at radius 3 is 1.79 bits per heavy atom. The number of phenolic OH excluding ortho intramolecular Hbond substituents is 1. The molecule has 4 rings (SSSR count). The molecule has 0 aliphatic carbocycles. The van der Waals surface area contributed by atoms with Crippen molar-refractivity contribution in [2.75, 3.05) is 6.61 Å². The number of phenols is 1. The van der Waals surface area contributed by atoms with Crippen molar-refractivity contribution in [3.05, 3.63) is 76.8 Å². The van der Waals surface area contributed by atoms with Crippen molar-refractivity contribution in [2.45, 2.75) is 32.6 Å². The molecule has 0 saturated heterocycles. The molecule has 0 unspecified atom stereocenters. The molecule has 7 heteroatoms. The number of aromatic nitrogens is 3. The van der Waals surface area contributed by atoms with Gasteiger partial charge in [-0.3, -0.25) is 0 Å². The molecule has 4 aromatic rings. The van der Waals surface area contributed by atoms with E-state index in [1.807, 2.05) is 30.3 Å². The number of ether oxygens (including phenoxy) is 1. The number of hydrogen-bond donors (Lipinski definition) is 1. The van der Waals surface area contributed by atoms with Crippen LogP contribution in [0.1, 0.15) is 32.6 Å². The number of nitrogens with zero attached hydrogens (tertiary/aromatic N) is 3. The molecule has 0 fully saturated rings. The Bertz CT molecular complexity index is 1180. The first-order chi connectivity index (χ1) is 16.5. The second-order valence-electron chi connectivity index (χ2n) is 7.91. The van der Waals surface area contributed by atoms with Crippen LogP contribution in [0.5, 0.6) is 11.5 Å². The van der Waals surface area contributed by atoms with Gasteiger partial charge in [0.05, 0.1) is 12.2 Å². The summed E-state index contributed by atoms with van der Waals surface area (Å²) in [7, 11) is 0. The number of halogens is 2. The van der Waals surface area contributed by atoms with Crippen molar-refractivity contribution in [1.82, 2.24) is 15.0 Å². The SMILES string of the molecule is CCCCCCOc1ccc(-c2nc(-c3ccc(Cl)cc3)nc(-c3ccc(Cl)cc3)n2)c(O)c1. The second kappa shape index (κ2) is 11.3. The Morgan fingerprint density at radius 1 is 0.706 bits per heavy atom. The third kappa shape index (κ3) is 6.04. The van der Waals surface area contributed by atoms with Crippen LogP contribution in [0.25, 0.3) is 34.2 Å². The molecule has 1 heterocycles. The summed E-state index contributed by atoms with van der Waals surface area (Å²) in [5.41, 5.74) is 2.07. The molecule has 0 aliphatic heterocycles. The summed E-state index contributed by atoms with van der Waals surface area (Å²) >= 11 is 12.1. The summed E-state index contributed by atoms with van der Waals surface area (Å²) < 4.78 is 5.79. The highest BCUT2D eigenvalue weighted by atomic mass is 35.5. The van der Waals surface area contributed by atoms with Gasteiger partial charge in [-0.25, -0.2) is 15.0 Å². The van der Waals surface area contributed by atoms with Gasteiger partial charge in [0, 0.05) is 27.2 Å². The smallest absolute Gasteiger partial charge is 0.167 e. The fourth-order valence-electron chi connectivity index (χ4n) is 3.46. The molecule has 0 radical (unpaired) electrons. The predicted octanol–water partition coefficient (Wildman–Crippen LogP) is 7.84. The van der Waals surface area contributed by atoms with Gasteiger partial charge in [-0.2, -0.15) is 0 Å². The topological polar surface area (TPSA) is 68.1 Å². The van der Waals surface area contributed by atoms with Gasteiger partial charge in [0.15, 0.2) is 17.5 Å². The van der Waals surface area contributed by atoms with Gasteiger partial charge in [-0.1, -0.05) is 49.4 Å². The maximum Gasteiger partial charge on any atom is 0.167 e. The van der Waals surface area contributed by atoms with E-state index < -0.39 is 0 Å². The van der Waals surface area contributed by atoms with E-state index in [2.05, 4.69) is 21.9 Å². The number of hydrogen-bond acceptors (Lipinski definition) is 5. The van der Waals surface area contributed by atoms with E-state index in [1.165, 1.54) is 12.8 Å². The predicted molar refractivity (Wildman–Crippen MR) is 137 cm³/mol. The van der Waals surface area contributed by atoms with E-state index in [1.54, 1.807) is 36.4 Å². The molecule has 1 N–H and O–H groups in total. The molecule has 0 atom stereocenters. The molecular weight excluding hydrogens is 469 g/mol. The van der Waals surface area contributed by atoms with Crippen molar-refractivity contribution in [3.8, 4) is 45.7 Å². The molecular formula is C27H25Cl2N3O2. The quantitative estimate of drug-likeness (QED) is 0.240. The first-order valence-electron chi connectivity index (χ1n) is 11.3. The monoisotopic (exact) mass is 493 g/mol. The average molecular weight is 494 g/mol. The largest absolute Gasteiger partial charge is 0.507 e. The first kappa shape index (κ1) is 24.0. The number of unbranched alkanes of at least 4 members (excludes halogenated alkanes) is 3. The van der Waals surface area contributed by atoms with E-state index in [4.69, 9.17) is 27.9 Å². The zero-order valence-corrected chi connectivity index (χ0v) is 20.4. The molecule has 174 valence electrons. The van der Waals surface area contributed by atoms with Crippen LogP contribution >= 0.6 is 23.2 Å². The van der Waals surface area contributed by atoms with Crippen LogP contribution in [-0.2, 0) is 0 Å². The number of rotatable bonds is 9. The average Bonchev–Trinajstić information content (AvgIpc) is 2.84. The summed E-state index contributed by atoms with van der Waals surface area (Å²) in [5.74, 6) is 1.96. The molecule has 5 nitrogen and oxygen atoms in total. The van der Waals surface area contributed by atoms with Crippen molar-refractivity contribution in [3.63, 3.8) is 0 Å². The molecule has 34 heavy (non-hydrogen) atoms. The molecule has 0 aliphatic rings. The number of benzene rings is 3. The Balaban J connectivity index is 1.69. The molecule has 3 aromatic carbocycles. The highest BCUT2D eigenvalue weighted by molar-refractivity contribution is 6.30. The lowest BCUT2D eigenvalue weighted by Gasteiger charge is -2.11. The van der Waals surface area contributed by atoms with Crippen LogP contribution < -0.4 is 4.74 Å². The van der Waals surface area contributed by atoms with Crippen LogP contribution in [-0.4, -0.2) is 26.7 Å². The Kier molecular flexibility index (Phi) is 7.99. The van der Waals surface area contributed by atoms with E-state index in [-0.39, 0.29) is 5.75 Å². The minimum atomic E-state index is 0.0429. The van der Waals surface area contributed by atoms with Crippen LogP contribution in [0, 0.1) is 0 Å². The van der Waals surface area contributed by atoms with Gasteiger partial charge in [0.2, 0.25) is 0 Å². The van der Waals surface area contributed by atoms with E-state index in [0.717, 1.165) is 24.0 Å². The van der Waals surface area contributed by atoms with Gasteiger partial charge < -0.3 is 9.84 Å². The van der Waals surface area contributed by atoms with E-state index in [0.29, 0.717) is 45.4 Å². The van der Waals surface area contributed by atoms with Crippen molar-refractivity contribution < 1.29 is 9.84 Å².